The summed E-state index contributed by atoms with van der Waals surface area (Å²) in [6.45, 7) is 3.76. The van der Waals surface area contributed by atoms with Crippen LogP contribution in [-0.2, 0) is 11.3 Å². The SMILES string of the molecule is CCn1cc(-c2cc(C(=O)NCCOC)c3ccccc3n2)cn1. The summed E-state index contributed by atoms with van der Waals surface area (Å²) < 4.78 is 6.82. The Labute approximate surface area is 140 Å². The minimum absolute atomic E-state index is 0.130. The van der Waals surface area contributed by atoms with Crippen LogP contribution in [0.4, 0.5) is 0 Å². The molecule has 0 aliphatic carbocycles. The van der Waals surface area contributed by atoms with Crippen molar-refractivity contribution in [2.75, 3.05) is 20.3 Å². The second-order valence-electron chi connectivity index (χ2n) is 5.41. The topological polar surface area (TPSA) is 69.0 Å². The second kappa shape index (κ2) is 7.23. The zero-order chi connectivity index (χ0) is 16.9. The van der Waals surface area contributed by atoms with Crippen molar-refractivity contribution in [3.63, 3.8) is 0 Å². The van der Waals surface area contributed by atoms with Crippen molar-refractivity contribution < 1.29 is 9.53 Å². The lowest BCUT2D eigenvalue weighted by Crippen LogP contribution is -2.27. The van der Waals surface area contributed by atoms with Crippen LogP contribution in [0.25, 0.3) is 22.2 Å². The van der Waals surface area contributed by atoms with Gasteiger partial charge in [-0.05, 0) is 19.1 Å². The summed E-state index contributed by atoms with van der Waals surface area (Å²) >= 11 is 0. The van der Waals surface area contributed by atoms with Crippen LogP contribution < -0.4 is 5.32 Å². The predicted molar refractivity (Wildman–Crippen MR) is 92.8 cm³/mol. The van der Waals surface area contributed by atoms with Crippen LogP contribution >= 0.6 is 0 Å². The highest BCUT2D eigenvalue weighted by atomic mass is 16.5. The molecule has 6 heteroatoms. The molecule has 0 unspecified atom stereocenters. The number of benzene rings is 1. The highest BCUT2D eigenvalue weighted by Gasteiger charge is 2.14. The first-order valence-corrected chi connectivity index (χ1v) is 7.92. The molecule has 0 bridgehead atoms. The minimum Gasteiger partial charge on any atom is -0.383 e. The van der Waals surface area contributed by atoms with Gasteiger partial charge in [0.05, 0.1) is 29.6 Å². The average molecular weight is 324 g/mol. The number of aryl methyl sites for hydroxylation is 1. The highest BCUT2D eigenvalue weighted by Crippen LogP contribution is 2.24. The van der Waals surface area contributed by atoms with Crippen molar-refractivity contribution in [2.45, 2.75) is 13.5 Å². The minimum atomic E-state index is -0.130. The van der Waals surface area contributed by atoms with E-state index in [9.17, 15) is 4.79 Å². The van der Waals surface area contributed by atoms with Crippen molar-refractivity contribution >= 4 is 16.8 Å². The van der Waals surface area contributed by atoms with E-state index < -0.39 is 0 Å². The van der Waals surface area contributed by atoms with Crippen molar-refractivity contribution in [3.05, 3.63) is 48.3 Å². The summed E-state index contributed by atoms with van der Waals surface area (Å²) in [5, 5.41) is 7.99. The van der Waals surface area contributed by atoms with Gasteiger partial charge in [-0.25, -0.2) is 4.98 Å². The highest BCUT2D eigenvalue weighted by molar-refractivity contribution is 6.07. The van der Waals surface area contributed by atoms with Gasteiger partial charge in [0.2, 0.25) is 0 Å². The smallest absolute Gasteiger partial charge is 0.252 e. The summed E-state index contributed by atoms with van der Waals surface area (Å²) in [6.07, 6.45) is 3.71. The molecule has 0 radical (unpaired) electrons. The van der Waals surface area contributed by atoms with E-state index in [-0.39, 0.29) is 5.91 Å². The van der Waals surface area contributed by atoms with Crippen LogP contribution in [0.2, 0.25) is 0 Å². The van der Waals surface area contributed by atoms with Gasteiger partial charge in [0.15, 0.2) is 0 Å². The summed E-state index contributed by atoms with van der Waals surface area (Å²) in [5.41, 5.74) is 3.03. The number of nitrogens with one attached hydrogen (secondary N) is 1. The number of hydrogen-bond acceptors (Lipinski definition) is 4. The Balaban J connectivity index is 2.04. The number of hydrogen-bond donors (Lipinski definition) is 1. The van der Waals surface area contributed by atoms with E-state index in [4.69, 9.17) is 4.74 Å². The summed E-state index contributed by atoms with van der Waals surface area (Å²) in [5.74, 6) is -0.130. The van der Waals surface area contributed by atoms with Crippen LogP contribution in [0.1, 0.15) is 17.3 Å². The standard InChI is InChI=1S/C18H20N4O2/c1-3-22-12-13(11-20-22)17-10-15(18(23)19-8-9-24-2)14-6-4-5-7-16(14)21-17/h4-7,10-12H,3,8-9H2,1-2H3,(H,19,23). The van der Waals surface area contributed by atoms with E-state index in [1.165, 1.54) is 0 Å². The fraction of sp³-hybridized carbons (Fsp3) is 0.278. The number of carbonyl (C=O) groups excluding carboxylic acids is 1. The molecule has 24 heavy (non-hydrogen) atoms. The third kappa shape index (κ3) is 3.28. The summed E-state index contributed by atoms with van der Waals surface area (Å²) in [4.78, 5) is 17.2. The number of methoxy groups -OCH3 is 1. The molecule has 0 aliphatic rings. The second-order valence-corrected chi connectivity index (χ2v) is 5.41. The van der Waals surface area contributed by atoms with Crippen molar-refractivity contribution in [1.29, 1.82) is 0 Å². The summed E-state index contributed by atoms with van der Waals surface area (Å²) in [6, 6.07) is 9.47. The van der Waals surface area contributed by atoms with Gasteiger partial charge < -0.3 is 10.1 Å². The first kappa shape index (κ1) is 16.1. The Morgan fingerprint density at radius 2 is 2.17 bits per heavy atom. The first-order valence-electron chi connectivity index (χ1n) is 7.92. The number of rotatable bonds is 6. The predicted octanol–water partition coefficient (Wildman–Crippen LogP) is 2.49. The van der Waals surface area contributed by atoms with Gasteiger partial charge in [0, 0.05) is 37.3 Å². The van der Waals surface area contributed by atoms with Gasteiger partial charge in [-0.15, -0.1) is 0 Å². The lowest BCUT2D eigenvalue weighted by atomic mass is 10.0. The van der Waals surface area contributed by atoms with Gasteiger partial charge in [0.1, 0.15) is 0 Å². The van der Waals surface area contributed by atoms with E-state index in [1.807, 2.05) is 48.1 Å². The van der Waals surface area contributed by atoms with Crippen LogP contribution in [0.15, 0.2) is 42.7 Å². The van der Waals surface area contributed by atoms with Crippen LogP contribution in [-0.4, -0.2) is 40.9 Å². The first-order chi connectivity index (χ1) is 11.7. The third-order valence-electron chi connectivity index (χ3n) is 3.81. The van der Waals surface area contributed by atoms with Crippen molar-refractivity contribution in [3.8, 4) is 11.3 Å². The molecule has 2 heterocycles. The Morgan fingerprint density at radius 3 is 2.92 bits per heavy atom. The van der Waals surface area contributed by atoms with Crippen molar-refractivity contribution in [1.82, 2.24) is 20.1 Å². The number of para-hydroxylation sites is 1. The quantitative estimate of drug-likeness (QED) is 0.707. The maximum absolute atomic E-state index is 12.6. The molecule has 0 saturated heterocycles. The maximum atomic E-state index is 12.6. The lowest BCUT2D eigenvalue weighted by molar-refractivity contribution is 0.0938. The van der Waals surface area contributed by atoms with Gasteiger partial charge in [-0.3, -0.25) is 9.48 Å². The van der Waals surface area contributed by atoms with Crippen molar-refractivity contribution in [2.24, 2.45) is 0 Å². The Hall–Kier alpha value is -2.73. The zero-order valence-corrected chi connectivity index (χ0v) is 13.8. The van der Waals surface area contributed by atoms with Crippen LogP contribution in [0, 0.1) is 0 Å². The number of carbonyl (C=O) groups is 1. The van der Waals surface area contributed by atoms with Gasteiger partial charge >= 0.3 is 0 Å². The van der Waals surface area contributed by atoms with Gasteiger partial charge in [0.25, 0.3) is 5.91 Å². The molecule has 0 saturated carbocycles. The molecule has 3 rings (SSSR count). The molecule has 1 aromatic carbocycles. The van der Waals surface area contributed by atoms with Gasteiger partial charge in [-0.2, -0.15) is 5.10 Å². The number of nitrogens with zero attached hydrogens (tertiary/aromatic N) is 3. The molecule has 3 aromatic rings. The molecule has 0 aliphatic heterocycles. The number of amides is 1. The number of aromatic nitrogens is 3. The Bertz CT molecular complexity index is 857. The normalized spacial score (nSPS) is 10.9. The van der Waals surface area contributed by atoms with E-state index in [2.05, 4.69) is 15.4 Å². The number of pyridine rings is 1. The largest absolute Gasteiger partial charge is 0.383 e. The lowest BCUT2D eigenvalue weighted by Gasteiger charge is -2.09. The Morgan fingerprint density at radius 1 is 1.33 bits per heavy atom. The molecule has 124 valence electrons. The van der Waals surface area contributed by atoms with Gasteiger partial charge in [-0.1, -0.05) is 18.2 Å². The van der Waals surface area contributed by atoms with Crippen LogP contribution in [0.5, 0.6) is 0 Å². The van der Waals surface area contributed by atoms with E-state index >= 15 is 0 Å². The van der Waals surface area contributed by atoms with Crippen LogP contribution in [0.3, 0.4) is 0 Å². The Kier molecular flexibility index (Phi) is 4.86. The molecule has 0 spiro atoms. The maximum Gasteiger partial charge on any atom is 0.252 e. The third-order valence-corrected chi connectivity index (χ3v) is 3.81. The molecule has 1 N–H and O–H groups in total. The average Bonchev–Trinajstić information content (AvgIpc) is 3.10. The fourth-order valence-corrected chi connectivity index (χ4v) is 2.54. The molecule has 1 amide bonds. The molecular formula is C18H20N4O2. The molecule has 2 aromatic heterocycles. The number of ether oxygens (including phenoxy) is 1. The number of fused-ring (bicyclic) bond motifs is 1. The monoisotopic (exact) mass is 324 g/mol. The van der Waals surface area contributed by atoms with E-state index in [0.717, 1.165) is 28.7 Å². The summed E-state index contributed by atoms with van der Waals surface area (Å²) in [7, 11) is 1.61. The van der Waals surface area contributed by atoms with E-state index in [0.29, 0.717) is 18.7 Å². The van der Waals surface area contributed by atoms with E-state index in [1.54, 1.807) is 13.3 Å². The molecule has 0 fully saturated rings. The zero-order valence-electron chi connectivity index (χ0n) is 13.8. The fourth-order valence-electron chi connectivity index (χ4n) is 2.54. The molecule has 6 nitrogen and oxygen atoms in total. The molecular weight excluding hydrogens is 304 g/mol. The molecule has 0 atom stereocenters.